The van der Waals surface area contributed by atoms with Gasteiger partial charge in [-0.05, 0) is 6.07 Å². The number of hydrogen-bond donors (Lipinski definition) is 0. The van der Waals surface area contributed by atoms with Crippen LogP contribution in [0, 0.1) is 11.5 Å². The molecule has 1 rings (SSSR count). The van der Waals surface area contributed by atoms with Crippen LogP contribution in [0.25, 0.3) is 0 Å². The van der Waals surface area contributed by atoms with Crippen molar-refractivity contribution in [1.82, 2.24) is 0 Å². The van der Waals surface area contributed by atoms with Crippen LogP contribution in [0.5, 0.6) is 17.2 Å². The topological polar surface area (TPSA) is 44.8 Å². The summed E-state index contributed by atoms with van der Waals surface area (Å²) in [6.45, 7) is 6.40. The van der Waals surface area contributed by atoms with Gasteiger partial charge < -0.3 is 14.2 Å². The van der Waals surface area contributed by atoms with E-state index in [1.807, 2.05) is 0 Å². The molecule has 0 bridgehead atoms. The summed E-state index contributed by atoms with van der Waals surface area (Å²) >= 11 is 0. The van der Waals surface area contributed by atoms with E-state index in [0.29, 0.717) is 28.4 Å². The molecule has 0 aliphatic rings. The van der Waals surface area contributed by atoms with Gasteiger partial charge in [-0.2, -0.15) is 0 Å². The van der Waals surface area contributed by atoms with Crippen molar-refractivity contribution in [3.63, 3.8) is 0 Å². The van der Waals surface area contributed by atoms with E-state index >= 15 is 0 Å². The highest BCUT2D eigenvalue weighted by atomic mass is 28.3. The molecular weight excluding hydrogens is 272 g/mol. The average molecular weight is 292 g/mol. The van der Waals surface area contributed by atoms with Crippen LogP contribution in [0.3, 0.4) is 0 Å². The number of carbonyl (C=O) groups excluding carboxylic acids is 1. The predicted octanol–water partition coefficient (Wildman–Crippen LogP) is 2.75. The summed E-state index contributed by atoms with van der Waals surface area (Å²) in [6.07, 6.45) is 0.749. The zero-order valence-corrected chi connectivity index (χ0v) is 13.8. The van der Waals surface area contributed by atoms with Gasteiger partial charge in [-0.3, -0.25) is 4.79 Å². The van der Waals surface area contributed by atoms with Crippen molar-refractivity contribution in [3.05, 3.63) is 17.2 Å². The van der Waals surface area contributed by atoms with Crippen LogP contribution in [-0.4, -0.2) is 35.7 Å². The molecule has 0 atom stereocenters. The van der Waals surface area contributed by atoms with Gasteiger partial charge in [0, 0.05) is 5.56 Å². The number of aldehydes is 1. The standard InChI is InChI=1S/C15H20O4Si/c1-17-13-9-11(10-16)12(7-8-20(4,5)6)14(18-2)15(13)19-3/h9-10H,1-6H3. The maximum absolute atomic E-state index is 11.3. The van der Waals surface area contributed by atoms with Crippen molar-refractivity contribution in [2.24, 2.45) is 0 Å². The third-order valence-corrected chi connectivity index (χ3v) is 3.42. The maximum Gasteiger partial charge on any atom is 0.204 e. The lowest BCUT2D eigenvalue weighted by atomic mass is 10.1. The molecule has 4 nitrogen and oxygen atoms in total. The monoisotopic (exact) mass is 292 g/mol. The molecule has 0 fully saturated rings. The first kappa shape index (κ1) is 16.1. The molecule has 20 heavy (non-hydrogen) atoms. The van der Waals surface area contributed by atoms with E-state index < -0.39 is 8.07 Å². The van der Waals surface area contributed by atoms with Crippen LogP contribution in [-0.2, 0) is 0 Å². The Bertz CT molecular complexity index is 562. The van der Waals surface area contributed by atoms with Crippen LogP contribution >= 0.6 is 0 Å². The Morgan fingerprint density at radius 2 is 1.65 bits per heavy atom. The SMILES string of the molecule is COc1cc(C=O)c(C#C[Si](C)(C)C)c(OC)c1OC. The second-order valence-electron chi connectivity index (χ2n) is 5.23. The Balaban J connectivity index is 3.62. The Labute approximate surface area is 121 Å². The molecule has 0 heterocycles. The molecule has 1 aromatic rings. The van der Waals surface area contributed by atoms with Gasteiger partial charge in [-0.15, -0.1) is 5.54 Å². The molecule has 0 unspecified atom stereocenters. The number of benzene rings is 1. The van der Waals surface area contributed by atoms with E-state index in [9.17, 15) is 4.79 Å². The number of methoxy groups -OCH3 is 3. The Hall–Kier alpha value is -1.93. The van der Waals surface area contributed by atoms with Crippen molar-refractivity contribution in [2.75, 3.05) is 21.3 Å². The highest BCUT2D eigenvalue weighted by Crippen LogP contribution is 2.41. The summed E-state index contributed by atoms with van der Waals surface area (Å²) in [4.78, 5) is 11.3. The maximum atomic E-state index is 11.3. The average Bonchev–Trinajstić information content (AvgIpc) is 2.41. The van der Waals surface area contributed by atoms with Gasteiger partial charge >= 0.3 is 0 Å². The van der Waals surface area contributed by atoms with E-state index in [0.717, 1.165) is 6.29 Å². The fraction of sp³-hybridized carbons (Fsp3) is 0.400. The van der Waals surface area contributed by atoms with Gasteiger partial charge in [-0.25, -0.2) is 0 Å². The van der Waals surface area contributed by atoms with Crippen molar-refractivity contribution in [2.45, 2.75) is 19.6 Å². The molecule has 5 heteroatoms. The molecule has 0 amide bonds. The largest absolute Gasteiger partial charge is 0.493 e. The zero-order valence-electron chi connectivity index (χ0n) is 12.8. The zero-order chi connectivity index (χ0) is 15.3. The lowest BCUT2D eigenvalue weighted by Gasteiger charge is -2.15. The fourth-order valence-corrected chi connectivity index (χ4v) is 2.15. The molecule has 0 spiro atoms. The molecule has 0 aliphatic carbocycles. The van der Waals surface area contributed by atoms with Crippen LogP contribution in [0.2, 0.25) is 19.6 Å². The number of carbonyl (C=O) groups is 1. The molecule has 0 aliphatic heterocycles. The molecule has 1 aromatic carbocycles. The number of ether oxygens (including phenoxy) is 3. The molecule has 0 saturated carbocycles. The summed E-state index contributed by atoms with van der Waals surface area (Å²) in [5.41, 5.74) is 4.21. The molecule has 0 saturated heterocycles. The summed E-state index contributed by atoms with van der Waals surface area (Å²) in [7, 11) is 2.99. The summed E-state index contributed by atoms with van der Waals surface area (Å²) in [6, 6.07) is 1.61. The summed E-state index contributed by atoms with van der Waals surface area (Å²) in [5.74, 6) is 4.39. The van der Waals surface area contributed by atoms with Gasteiger partial charge in [0.05, 0.1) is 26.9 Å². The second kappa shape index (κ2) is 6.48. The van der Waals surface area contributed by atoms with E-state index in [1.165, 1.54) is 21.3 Å². The van der Waals surface area contributed by atoms with Crippen molar-refractivity contribution < 1.29 is 19.0 Å². The lowest BCUT2D eigenvalue weighted by Crippen LogP contribution is -2.16. The van der Waals surface area contributed by atoms with Crippen LogP contribution in [0.15, 0.2) is 6.07 Å². The summed E-state index contributed by atoms with van der Waals surface area (Å²) in [5, 5.41) is 0. The smallest absolute Gasteiger partial charge is 0.204 e. The van der Waals surface area contributed by atoms with Gasteiger partial charge in [0.25, 0.3) is 0 Å². The third kappa shape index (κ3) is 3.55. The normalized spacial score (nSPS) is 10.3. The van der Waals surface area contributed by atoms with Crippen molar-refractivity contribution in [3.8, 4) is 28.7 Å². The highest BCUT2D eigenvalue weighted by molar-refractivity contribution is 6.83. The van der Waals surface area contributed by atoms with Crippen molar-refractivity contribution >= 4 is 14.4 Å². The van der Waals surface area contributed by atoms with Crippen LogP contribution in [0.1, 0.15) is 15.9 Å². The Morgan fingerprint density at radius 1 is 1.05 bits per heavy atom. The third-order valence-electron chi connectivity index (χ3n) is 2.55. The van der Waals surface area contributed by atoms with Gasteiger partial charge in [0.2, 0.25) is 5.75 Å². The van der Waals surface area contributed by atoms with Gasteiger partial charge in [-0.1, -0.05) is 25.6 Å². The minimum atomic E-state index is -1.57. The molecule has 0 radical (unpaired) electrons. The second-order valence-corrected chi connectivity index (χ2v) is 9.98. The minimum absolute atomic E-state index is 0.430. The summed E-state index contributed by atoms with van der Waals surface area (Å²) < 4.78 is 15.9. The predicted molar refractivity (Wildman–Crippen MR) is 81.7 cm³/mol. The first-order valence-corrected chi connectivity index (χ1v) is 9.69. The minimum Gasteiger partial charge on any atom is -0.493 e. The lowest BCUT2D eigenvalue weighted by molar-refractivity contribution is 0.112. The van der Waals surface area contributed by atoms with Gasteiger partial charge in [0.15, 0.2) is 17.8 Å². The Morgan fingerprint density at radius 3 is 2.05 bits per heavy atom. The molecule has 0 N–H and O–H groups in total. The van der Waals surface area contributed by atoms with Gasteiger partial charge in [0.1, 0.15) is 8.07 Å². The Kier molecular flexibility index (Phi) is 5.23. The van der Waals surface area contributed by atoms with E-state index in [1.54, 1.807) is 6.07 Å². The van der Waals surface area contributed by atoms with Crippen LogP contribution < -0.4 is 14.2 Å². The molecule has 0 aromatic heterocycles. The quantitative estimate of drug-likeness (QED) is 0.486. The van der Waals surface area contributed by atoms with Crippen LogP contribution in [0.4, 0.5) is 0 Å². The highest BCUT2D eigenvalue weighted by Gasteiger charge is 2.19. The van der Waals surface area contributed by atoms with E-state index in [2.05, 4.69) is 31.1 Å². The van der Waals surface area contributed by atoms with Crippen molar-refractivity contribution in [1.29, 1.82) is 0 Å². The first-order chi connectivity index (χ1) is 9.37. The fourth-order valence-electron chi connectivity index (χ4n) is 1.65. The van der Waals surface area contributed by atoms with E-state index in [4.69, 9.17) is 14.2 Å². The van der Waals surface area contributed by atoms with E-state index in [-0.39, 0.29) is 0 Å². The number of rotatable bonds is 4. The first-order valence-electron chi connectivity index (χ1n) is 6.19. The number of hydrogen-bond acceptors (Lipinski definition) is 4. The molecule has 108 valence electrons. The molecular formula is C15H20O4Si.